The Balaban J connectivity index is 1.57. The average molecular weight is 475 g/mol. The standard InChI is InChI=1S/C25H22N4O4S/c1-14-8-10-15(11-9-14)13-34-25-27-23-22(24(31)28-25)20(16-4-2-5-17(12-16)29(32)33)21-18(26-23)6-3-7-19(21)30/h2,4-5,8-12,20H,3,6-7,13H2,1H3,(H2,26,27,28,31)/t20-/m1/s1. The van der Waals surface area contributed by atoms with Crippen molar-refractivity contribution in [3.63, 3.8) is 0 Å². The summed E-state index contributed by atoms with van der Waals surface area (Å²) in [5.41, 5.74) is 3.95. The predicted octanol–water partition coefficient (Wildman–Crippen LogP) is 4.84. The van der Waals surface area contributed by atoms with Gasteiger partial charge in [0.05, 0.1) is 10.5 Å². The maximum Gasteiger partial charge on any atom is 0.269 e. The Morgan fingerprint density at radius 3 is 2.71 bits per heavy atom. The number of hydrogen-bond donors (Lipinski definition) is 2. The van der Waals surface area contributed by atoms with Gasteiger partial charge in [-0.2, -0.15) is 0 Å². The van der Waals surface area contributed by atoms with E-state index in [0.717, 1.165) is 11.3 Å². The summed E-state index contributed by atoms with van der Waals surface area (Å²) in [6, 6.07) is 14.3. The number of nitrogens with zero attached hydrogens (tertiary/aromatic N) is 2. The maximum atomic E-state index is 13.3. The zero-order chi connectivity index (χ0) is 23.8. The fourth-order valence-corrected chi connectivity index (χ4v) is 5.31. The lowest BCUT2D eigenvalue weighted by Crippen LogP contribution is -2.32. The second-order valence-corrected chi connectivity index (χ2v) is 9.45. The molecular formula is C25H22N4O4S. The van der Waals surface area contributed by atoms with Crippen LogP contribution in [0, 0.1) is 17.0 Å². The molecule has 5 rings (SSSR count). The molecule has 0 spiro atoms. The summed E-state index contributed by atoms with van der Waals surface area (Å²) in [7, 11) is 0. The van der Waals surface area contributed by atoms with Gasteiger partial charge in [0.25, 0.3) is 11.2 Å². The van der Waals surface area contributed by atoms with Crippen LogP contribution in [-0.2, 0) is 10.5 Å². The number of ketones is 1. The van der Waals surface area contributed by atoms with Crippen molar-refractivity contribution in [3.05, 3.63) is 103 Å². The zero-order valence-corrected chi connectivity index (χ0v) is 19.3. The minimum atomic E-state index is -0.702. The number of hydrogen-bond acceptors (Lipinski definition) is 7. The quantitative estimate of drug-likeness (QED) is 0.235. The Morgan fingerprint density at radius 2 is 1.94 bits per heavy atom. The van der Waals surface area contributed by atoms with E-state index in [1.807, 2.05) is 31.2 Å². The monoisotopic (exact) mass is 474 g/mol. The first kappa shape index (κ1) is 22.1. The van der Waals surface area contributed by atoms with Crippen LogP contribution >= 0.6 is 11.8 Å². The summed E-state index contributed by atoms with van der Waals surface area (Å²) in [4.78, 5) is 44.7. The molecule has 0 unspecified atom stereocenters. The summed E-state index contributed by atoms with van der Waals surface area (Å²) in [5, 5.41) is 15.1. The number of nitrogens with one attached hydrogen (secondary N) is 2. The minimum Gasteiger partial charge on any atom is -0.343 e. The molecule has 2 heterocycles. The van der Waals surface area contributed by atoms with Crippen LogP contribution in [0.5, 0.6) is 0 Å². The summed E-state index contributed by atoms with van der Waals surface area (Å²) >= 11 is 1.42. The third-order valence-corrected chi connectivity index (χ3v) is 7.09. The highest BCUT2D eigenvalue weighted by molar-refractivity contribution is 7.98. The van der Waals surface area contributed by atoms with E-state index >= 15 is 0 Å². The molecule has 1 atom stereocenters. The highest BCUT2D eigenvalue weighted by Gasteiger charge is 2.38. The molecule has 0 radical (unpaired) electrons. The largest absolute Gasteiger partial charge is 0.343 e. The van der Waals surface area contributed by atoms with Crippen molar-refractivity contribution in [2.75, 3.05) is 5.32 Å². The molecular weight excluding hydrogens is 452 g/mol. The lowest BCUT2D eigenvalue weighted by atomic mass is 9.76. The summed E-state index contributed by atoms with van der Waals surface area (Å²) in [6.07, 6.45) is 1.75. The number of non-ortho nitro benzene ring substituents is 1. The highest BCUT2D eigenvalue weighted by Crippen LogP contribution is 2.44. The van der Waals surface area contributed by atoms with Gasteiger partial charge in [0.15, 0.2) is 10.9 Å². The third-order valence-electron chi connectivity index (χ3n) is 6.15. The summed E-state index contributed by atoms with van der Waals surface area (Å²) in [5.74, 6) is 0.294. The van der Waals surface area contributed by atoms with E-state index in [0.29, 0.717) is 52.7 Å². The average Bonchev–Trinajstić information content (AvgIpc) is 2.82. The normalized spacial score (nSPS) is 17.1. The maximum absolute atomic E-state index is 13.3. The molecule has 2 aromatic carbocycles. The molecule has 1 aromatic heterocycles. The van der Waals surface area contributed by atoms with E-state index in [1.54, 1.807) is 12.1 Å². The molecule has 1 aliphatic heterocycles. The first-order valence-electron chi connectivity index (χ1n) is 11.0. The number of rotatable bonds is 5. The second-order valence-electron chi connectivity index (χ2n) is 8.49. The topological polar surface area (TPSA) is 118 Å². The Morgan fingerprint density at radius 1 is 1.15 bits per heavy atom. The van der Waals surface area contributed by atoms with Gasteiger partial charge in [-0.05, 0) is 30.9 Å². The van der Waals surface area contributed by atoms with E-state index in [2.05, 4.69) is 15.3 Å². The van der Waals surface area contributed by atoms with Crippen LogP contribution in [0.15, 0.2) is 69.8 Å². The number of fused-ring (bicyclic) bond motifs is 1. The second kappa shape index (κ2) is 8.90. The number of aromatic nitrogens is 2. The Kier molecular flexibility index (Phi) is 5.79. The summed E-state index contributed by atoms with van der Waals surface area (Å²) < 4.78 is 0. The van der Waals surface area contributed by atoms with Crippen molar-refractivity contribution in [1.29, 1.82) is 0 Å². The molecule has 0 saturated carbocycles. The number of nitro groups is 1. The minimum absolute atomic E-state index is 0.0480. The number of anilines is 1. The molecule has 3 aromatic rings. The van der Waals surface area contributed by atoms with E-state index < -0.39 is 10.8 Å². The van der Waals surface area contributed by atoms with Crippen molar-refractivity contribution in [3.8, 4) is 0 Å². The van der Waals surface area contributed by atoms with Crippen molar-refractivity contribution in [2.45, 2.75) is 43.0 Å². The predicted molar refractivity (Wildman–Crippen MR) is 130 cm³/mol. The van der Waals surface area contributed by atoms with Crippen molar-refractivity contribution < 1.29 is 9.72 Å². The number of aryl methyl sites for hydroxylation is 1. The SMILES string of the molecule is Cc1ccc(CSc2nc3c(c(=O)[nH]2)[C@H](c2cccc([N+](=O)[O-])c2)C2=C(CCCC2=O)N3)cc1. The van der Waals surface area contributed by atoms with Gasteiger partial charge in [0.1, 0.15) is 5.82 Å². The molecule has 0 fully saturated rings. The van der Waals surface area contributed by atoms with Crippen LogP contribution in [0.25, 0.3) is 0 Å². The highest BCUT2D eigenvalue weighted by atomic mass is 32.2. The molecule has 0 amide bonds. The van der Waals surface area contributed by atoms with Gasteiger partial charge < -0.3 is 10.3 Å². The Bertz CT molecular complexity index is 1390. The van der Waals surface area contributed by atoms with E-state index in [1.165, 1.54) is 29.5 Å². The Labute approximate surface area is 199 Å². The molecule has 172 valence electrons. The molecule has 1 aliphatic carbocycles. The Hall–Kier alpha value is -3.72. The van der Waals surface area contributed by atoms with Gasteiger partial charge in [-0.1, -0.05) is 53.7 Å². The van der Waals surface area contributed by atoms with Gasteiger partial charge in [-0.25, -0.2) is 4.98 Å². The van der Waals surface area contributed by atoms with Gasteiger partial charge in [0, 0.05) is 41.5 Å². The number of Topliss-reactive ketones (excluding diaryl/α,β-unsaturated/α-hetero) is 1. The first-order chi connectivity index (χ1) is 16.4. The number of allylic oxidation sites excluding steroid dienone is 2. The lowest BCUT2D eigenvalue weighted by Gasteiger charge is -2.32. The number of carbonyl (C=O) groups excluding carboxylic acids is 1. The fraction of sp³-hybridized carbons (Fsp3) is 0.240. The lowest BCUT2D eigenvalue weighted by molar-refractivity contribution is -0.384. The molecule has 34 heavy (non-hydrogen) atoms. The molecule has 9 heteroatoms. The molecule has 0 saturated heterocycles. The third kappa shape index (κ3) is 4.14. The van der Waals surface area contributed by atoms with Crippen LogP contribution in [0.2, 0.25) is 0 Å². The number of aromatic amines is 1. The summed E-state index contributed by atoms with van der Waals surface area (Å²) in [6.45, 7) is 2.03. The van der Waals surface area contributed by atoms with Crippen LogP contribution < -0.4 is 10.9 Å². The van der Waals surface area contributed by atoms with Gasteiger partial charge >= 0.3 is 0 Å². The van der Waals surface area contributed by atoms with Gasteiger partial charge in [-0.15, -0.1) is 0 Å². The van der Waals surface area contributed by atoms with Crippen molar-refractivity contribution in [1.82, 2.24) is 9.97 Å². The zero-order valence-electron chi connectivity index (χ0n) is 18.5. The van der Waals surface area contributed by atoms with E-state index in [-0.39, 0.29) is 17.0 Å². The number of nitro benzene ring substituents is 1. The van der Waals surface area contributed by atoms with Crippen LogP contribution in [0.3, 0.4) is 0 Å². The van der Waals surface area contributed by atoms with Gasteiger partial charge in [0.2, 0.25) is 0 Å². The molecule has 2 N–H and O–H groups in total. The van der Waals surface area contributed by atoms with Crippen LogP contribution in [0.4, 0.5) is 11.5 Å². The fourth-order valence-electron chi connectivity index (χ4n) is 4.50. The van der Waals surface area contributed by atoms with Crippen LogP contribution in [0.1, 0.15) is 47.4 Å². The van der Waals surface area contributed by atoms with Crippen molar-refractivity contribution in [2.24, 2.45) is 0 Å². The number of benzene rings is 2. The molecule has 2 aliphatic rings. The smallest absolute Gasteiger partial charge is 0.269 e. The first-order valence-corrected chi connectivity index (χ1v) is 12.0. The van der Waals surface area contributed by atoms with Crippen molar-refractivity contribution >= 4 is 29.1 Å². The van der Waals surface area contributed by atoms with Gasteiger partial charge in [-0.3, -0.25) is 19.7 Å². The molecule has 8 nitrogen and oxygen atoms in total. The van der Waals surface area contributed by atoms with Crippen LogP contribution in [-0.4, -0.2) is 20.7 Å². The molecule has 0 bridgehead atoms. The number of carbonyl (C=O) groups is 1. The number of H-pyrrole nitrogens is 1. The van der Waals surface area contributed by atoms with E-state index in [4.69, 9.17) is 0 Å². The van der Waals surface area contributed by atoms with E-state index in [9.17, 15) is 19.7 Å². The number of thioether (sulfide) groups is 1.